The molecule has 0 aliphatic heterocycles. The van der Waals surface area contributed by atoms with E-state index in [1.807, 2.05) is 0 Å². The second kappa shape index (κ2) is 15.0. The van der Waals surface area contributed by atoms with E-state index in [2.05, 4.69) is 25.8 Å². The topological polar surface area (TPSA) is 107 Å². The highest BCUT2D eigenvalue weighted by Crippen LogP contribution is 2.44. The number of hydrogen-bond donors (Lipinski definition) is 2. The SMILES string of the molecule is Cc1ncsc1NC(=O)c1ccc(-n2nc(C(F)(F)F)cc2C2CC2)cc1.O=C(Nc1c(F)cccc1F)c1ccc(-n2nc(C(F)(F)F)cc2C2CC2)cc1. The molecule has 2 aliphatic rings. The maximum atomic E-state index is 13.7. The number of hydrogen-bond acceptors (Lipinski definition) is 6. The van der Waals surface area contributed by atoms with Crippen LogP contribution in [-0.2, 0) is 12.4 Å². The van der Waals surface area contributed by atoms with Crippen molar-refractivity contribution in [1.82, 2.24) is 24.5 Å². The van der Waals surface area contributed by atoms with Gasteiger partial charge in [-0.05, 0) is 105 Å². The Balaban J connectivity index is 0.000000172. The van der Waals surface area contributed by atoms with Crippen molar-refractivity contribution in [3.63, 3.8) is 0 Å². The minimum atomic E-state index is -4.56. The standard InChI is InChI=1S/C20H14F5N3O.C18H15F3N4OS/c21-14-2-1-3-15(22)18(14)26-19(29)12-6-8-13(9-7-12)28-16(11-4-5-11)10-17(27-28)20(23,24)25;1-10-17(27-9-22-10)23-16(26)12-4-6-13(7-5-12)25-14(11-2-3-11)8-15(24-25)18(19,20)21/h1-3,6-11H,4-5H2,(H,26,29);4-9,11H,2-3H2,1H3,(H,23,26). The molecule has 3 heterocycles. The molecule has 2 amide bonds. The maximum absolute atomic E-state index is 13.7. The van der Waals surface area contributed by atoms with Gasteiger partial charge in [0.25, 0.3) is 11.8 Å². The molecule has 0 radical (unpaired) electrons. The van der Waals surface area contributed by atoms with Crippen LogP contribution in [0.4, 0.5) is 45.8 Å². The number of alkyl halides is 6. The number of para-hydroxylation sites is 1. The summed E-state index contributed by atoms with van der Waals surface area (Å²) in [4.78, 5) is 28.7. The third-order valence-electron chi connectivity index (χ3n) is 8.97. The first-order chi connectivity index (χ1) is 26.6. The zero-order chi connectivity index (χ0) is 39.9. The Bertz CT molecular complexity index is 2370. The van der Waals surface area contributed by atoms with Gasteiger partial charge in [-0.3, -0.25) is 9.59 Å². The number of nitrogens with zero attached hydrogens (tertiary/aromatic N) is 5. The average Bonchev–Trinajstić information content (AvgIpc) is 4.06. The molecule has 2 aliphatic carbocycles. The Morgan fingerprint density at radius 1 is 0.679 bits per heavy atom. The van der Waals surface area contributed by atoms with Crippen LogP contribution in [0.3, 0.4) is 0 Å². The van der Waals surface area contributed by atoms with Crippen molar-refractivity contribution < 1.29 is 44.7 Å². The van der Waals surface area contributed by atoms with Crippen LogP contribution in [0.2, 0.25) is 0 Å². The minimum Gasteiger partial charge on any atom is -0.317 e. The molecule has 2 fully saturated rings. The summed E-state index contributed by atoms with van der Waals surface area (Å²) in [6.07, 6.45) is -5.75. The van der Waals surface area contributed by atoms with Gasteiger partial charge in [0, 0.05) is 34.4 Å². The first-order valence-electron chi connectivity index (χ1n) is 17.1. The van der Waals surface area contributed by atoms with Crippen LogP contribution in [0.25, 0.3) is 11.4 Å². The van der Waals surface area contributed by atoms with Gasteiger partial charge < -0.3 is 10.6 Å². The van der Waals surface area contributed by atoms with Crippen molar-refractivity contribution >= 4 is 33.8 Å². The van der Waals surface area contributed by atoms with Crippen molar-refractivity contribution in [2.75, 3.05) is 10.6 Å². The maximum Gasteiger partial charge on any atom is 0.435 e. The summed E-state index contributed by atoms with van der Waals surface area (Å²) in [5.74, 6) is -2.76. The van der Waals surface area contributed by atoms with Crippen LogP contribution in [0.5, 0.6) is 0 Å². The summed E-state index contributed by atoms with van der Waals surface area (Å²) in [5, 5.41) is 13.0. The van der Waals surface area contributed by atoms with Gasteiger partial charge in [-0.2, -0.15) is 36.5 Å². The van der Waals surface area contributed by atoms with Crippen LogP contribution in [0, 0.1) is 18.6 Å². The first-order valence-corrected chi connectivity index (χ1v) is 18.0. The van der Waals surface area contributed by atoms with E-state index in [1.165, 1.54) is 51.0 Å². The summed E-state index contributed by atoms with van der Waals surface area (Å²) >= 11 is 1.33. The highest BCUT2D eigenvalue weighted by molar-refractivity contribution is 7.14. The van der Waals surface area contributed by atoms with Crippen LogP contribution >= 0.6 is 11.3 Å². The van der Waals surface area contributed by atoms with Crippen LogP contribution in [-0.4, -0.2) is 36.4 Å². The van der Waals surface area contributed by atoms with Gasteiger partial charge in [0.2, 0.25) is 0 Å². The van der Waals surface area contributed by atoms with Gasteiger partial charge in [0.1, 0.15) is 22.3 Å². The fourth-order valence-electron chi connectivity index (χ4n) is 5.73. The molecule has 9 nitrogen and oxygen atoms in total. The van der Waals surface area contributed by atoms with Crippen LogP contribution in [0.1, 0.15) is 86.7 Å². The summed E-state index contributed by atoms with van der Waals surface area (Å²) in [5.41, 5.74) is 2.30. The number of aryl methyl sites for hydroxylation is 1. The van der Waals surface area contributed by atoms with E-state index in [4.69, 9.17) is 0 Å². The van der Waals surface area contributed by atoms with E-state index in [1.54, 1.807) is 36.7 Å². The molecule has 3 aromatic heterocycles. The van der Waals surface area contributed by atoms with E-state index in [9.17, 15) is 44.7 Å². The molecule has 2 saturated carbocycles. The molecule has 290 valence electrons. The zero-order valence-electron chi connectivity index (χ0n) is 29.1. The molecule has 2 N–H and O–H groups in total. The predicted molar refractivity (Wildman–Crippen MR) is 190 cm³/mol. The van der Waals surface area contributed by atoms with E-state index in [0.29, 0.717) is 33.3 Å². The Morgan fingerprint density at radius 2 is 1.11 bits per heavy atom. The molecule has 0 bridgehead atoms. The Hall–Kier alpha value is -5.91. The molecule has 0 atom stereocenters. The summed E-state index contributed by atoms with van der Waals surface area (Å²) in [6, 6.07) is 17.3. The van der Waals surface area contributed by atoms with E-state index >= 15 is 0 Å². The third-order valence-corrected chi connectivity index (χ3v) is 9.81. The Kier molecular flexibility index (Phi) is 10.3. The second-order valence-corrected chi connectivity index (χ2v) is 14.0. The number of carbonyl (C=O) groups excluding carboxylic acids is 2. The van der Waals surface area contributed by atoms with Gasteiger partial charge in [-0.1, -0.05) is 6.07 Å². The largest absolute Gasteiger partial charge is 0.435 e. The smallest absolute Gasteiger partial charge is 0.317 e. The molecular formula is C38H29F8N7O2S. The summed E-state index contributed by atoms with van der Waals surface area (Å²) < 4.78 is 108. The molecule has 56 heavy (non-hydrogen) atoms. The number of rotatable bonds is 8. The van der Waals surface area contributed by atoms with Crippen LogP contribution in [0.15, 0.2) is 84.4 Å². The number of amides is 2. The lowest BCUT2D eigenvalue weighted by molar-refractivity contribution is -0.142. The number of halogens is 8. The van der Waals surface area contributed by atoms with E-state index in [-0.39, 0.29) is 23.3 Å². The molecule has 3 aromatic carbocycles. The predicted octanol–water partition coefficient (Wildman–Crippen LogP) is 10.1. The first kappa shape index (κ1) is 38.4. The molecule has 0 saturated heterocycles. The third kappa shape index (κ3) is 8.49. The van der Waals surface area contributed by atoms with Crippen molar-refractivity contribution in [2.45, 2.75) is 56.8 Å². The van der Waals surface area contributed by atoms with Gasteiger partial charge in [-0.25, -0.2) is 23.1 Å². The number of carbonyl (C=O) groups is 2. The fourth-order valence-corrected chi connectivity index (χ4v) is 6.42. The molecule has 18 heteroatoms. The lowest BCUT2D eigenvalue weighted by Gasteiger charge is -2.10. The zero-order valence-corrected chi connectivity index (χ0v) is 29.9. The number of anilines is 2. The lowest BCUT2D eigenvalue weighted by Crippen LogP contribution is -2.14. The Labute approximate surface area is 317 Å². The average molecular weight is 800 g/mol. The quantitative estimate of drug-likeness (QED) is 0.149. The number of nitrogens with one attached hydrogen (secondary N) is 2. The molecule has 0 unspecified atom stereocenters. The summed E-state index contributed by atoms with van der Waals surface area (Å²) in [7, 11) is 0. The van der Waals surface area contributed by atoms with E-state index < -0.39 is 47.0 Å². The van der Waals surface area contributed by atoms with Gasteiger partial charge >= 0.3 is 12.4 Å². The van der Waals surface area contributed by atoms with Crippen molar-refractivity contribution in [3.8, 4) is 11.4 Å². The molecular weight excluding hydrogens is 771 g/mol. The second-order valence-electron chi connectivity index (χ2n) is 13.1. The van der Waals surface area contributed by atoms with Gasteiger partial charge in [-0.15, -0.1) is 11.3 Å². The number of benzene rings is 3. The monoisotopic (exact) mass is 799 g/mol. The highest BCUT2D eigenvalue weighted by atomic mass is 32.1. The Morgan fingerprint density at radius 3 is 1.48 bits per heavy atom. The molecule has 6 aromatic rings. The summed E-state index contributed by atoms with van der Waals surface area (Å²) in [6.45, 7) is 1.80. The van der Waals surface area contributed by atoms with Gasteiger partial charge in [0.05, 0.1) is 22.6 Å². The van der Waals surface area contributed by atoms with Crippen molar-refractivity contribution in [1.29, 1.82) is 0 Å². The fraction of sp³-hybridized carbons (Fsp3) is 0.237. The molecule has 8 rings (SSSR count). The van der Waals surface area contributed by atoms with Gasteiger partial charge in [0.15, 0.2) is 11.4 Å². The van der Waals surface area contributed by atoms with Crippen molar-refractivity contribution in [2.24, 2.45) is 0 Å². The molecule has 0 spiro atoms. The number of thiazole rings is 1. The van der Waals surface area contributed by atoms with Crippen LogP contribution < -0.4 is 10.6 Å². The highest BCUT2D eigenvalue weighted by Gasteiger charge is 2.39. The lowest BCUT2D eigenvalue weighted by atomic mass is 10.1. The van der Waals surface area contributed by atoms with E-state index in [0.717, 1.165) is 55.6 Å². The van der Waals surface area contributed by atoms with Crippen molar-refractivity contribution in [3.05, 3.63) is 136 Å². The minimum absolute atomic E-state index is 0.0191. The normalized spacial score (nSPS) is 14.2. The number of aromatic nitrogens is 5.